The van der Waals surface area contributed by atoms with E-state index in [-0.39, 0.29) is 31.1 Å². The van der Waals surface area contributed by atoms with Crippen molar-refractivity contribution in [2.24, 2.45) is 0 Å². The van der Waals surface area contributed by atoms with Crippen molar-refractivity contribution in [3.05, 3.63) is 58.4 Å². The minimum atomic E-state index is -5.71. The van der Waals surface area contributed by atoms with Gasteiger partial charge in [-0.2, -0.15) is 26.3 Å². The molecule has 1 amide bonds. The smallest absolute Gasteiger partial charge is 0.430 e. The molecule has 2 aromatic heterocycles. The topological polar surface area (TPSA) is 157 Å². The van der Waals surface area contributed by atoms with Crippen molar-refractivity contribution in [1.29, 1.82) is 0 Å². The number of carbonyl (C=O) groups is 2. The molecule has 0 spiro atoms. The average Bonchev–Trinajstić information content (AvgIpc) is 3.39. The molecule has 0 bridgehead atoms. The number of hydrogen-bond donors (Lipinski definition) is 3. The molecule has 0 radical (unpaired) electrons. The van der Waals surface area contributed by atoms with Crippen molar-refractivity contribution < 1.29 is 64.4 Å². The molecule has 0 aliphatic heterocycles. The second kappa shape index (κ2) is 12.4. The molecule has 240 valence electrons. The van der Waals surface area contributed by atoms with Crippen molar-refractivity contribution in [3.63, 3.8) is 0 Å². The number of benzene rings is 1. The average molecular weight is 638 g/mol. The van der Waals surface area contributed by atoms with Gasteiger partial charge in [0.05, 0.1) is 18.4 Å². The van der Waals surface area contributed by atoms with Gasteiger partial charge in [-0.15, -0.1) is 10.2 Å². The van der Waals surface area contributed by atoms with Crippen LogP contribution in [-0.4, -0.2) is 63.0 Å². The van der Waals surface area contributed by atoms with Gasteiger partial charge < -0.3 is 24.1 Å². The lowest BCUT2D eigenvalue weighted by molar-refractivity contribution is -0.256. The Morgan fingerprint density at radius 2 is 1.68 bits per heavy atom. The number of amides is 1. The second-order valence-corrected chi connectivity index (χ2v) is 10.2. The van der Waals surface area contributed by atoms with Crippen LogP contribution >= 0.6 is 0 Å². The van der Waals surface area contributed by atoms with E-state index in [1.54, 1.807) is 0 Å². The summed E-state index contributed by atoms with van der Waals surface area (Å²) in [6.45, 7) is 3.94. The van der Waals surface area contributed by atoms with Crippen LogP contribution in [0.2, 0.25) is 0 Å². The molecule has 0 aliphatic carbocycles. The fraction of sp³-hybridized carbons (Fsp3) is 0.423. The molecule has 2 heterocycles. The van der Waals surface area contributed by atoms with Crippen LogP contribution in [0.15, 0.2) is 28.7 Å². The fourth-order valence-electron chi connectivity index (χ4n) is 3.80. The summed E-state index contributed by atoms with van der Waals surface area (Å²) < 4.78 is 114. The zero-order chi connectivity index (χ0) is 33.3. The van der Waals surface area contributed by atoms with Crippen LogP contribution in [0.3, 0.4) is 0 Å². The number of nitrogens with one attached hydrogen (secondary N) is 1. The van der Waals surface area contributed by atoms with Gasteiger partial charge in [-0.1, -0.05) is 6.07 Å². The quantitative estimate of drug-likeness (QED) is 0.223. The third-order valence-electron chi connectivity index (χ3n) is 5.73. The van der Waals surface area contributed by atoms with Crippen LogP contribution in [0.5, 0.6) is 0 Å². The van der Waals surface area contributed by atoms with Gasteiger partial charge >= 0.3 is 24.4 Å². The summed E-state index contributed by atoms with van der Waals surface area (Å²) in [6, 6.07) is 2.64. The minimum absolute atomic E-state index is 0.00171. The molecule has 11 nitrogen and oxygen atoms in total. The normalized spacial score (nSPS) is 13.8. The fourth-order valence-corrected chi connectivity index (χ4v) is 3.80. The zero-order valence-electron chi connectivity index (χ0n) is 23.4. The lowest BCUT2D eigenvalue weighted by atomic mass is 9.90. The van der Waals surface area contributed by atoms with Gasteiger partial charge in [0.25, 0.3) is 17.4 Å². The maximum Gasteiger partial charge on any atom is 0.430 e. The van der Waals surface area contributed by atoms with Crippen molar-refractivity contribution >= 4 is 17.7 Å². The van der Waals surface area contributed by atoms with Crippen molar-refractivity contribution in [2.75, 3.05) is 19.0 Å². The Kier molecular flexibility index (Phi) is 9.59. The maximum absolute atomic E-state index is 14.8. The monoisotopic (exact) mass is 638 g/mol. The van der Waals surface area contributed by atoms with E-state index >= 15 is 0 Å². The summed E-state index contributed by atoms with van der Waals surface area (Å²) in [6.07, 6.45) is -12.2. The number of carbonyl (C=O) groups excluding carboxylic acids is 2. The molecule has 0 fully saturated rings. The van der Waals surface area contributed by atoms with E-state index in [2.05, 4.69) is 19.9 Å². The Morgan fingerprint density at radius 1 is 1.02 bits per heavy atom. The van der Waals surface area contributed by atoms with Crippen LogP contribution in [0, 0.1) is 5.82 Å². The highest BCUT2D eigenvalue weighted by atomic mass is 19.4. The van der Waals surface area contributed by atoms with Gasteiger partial charge in [-0.25, -0.2) is 19.0 Å². The number of aliphatic hydroxyl groups excluding tert-OH is 1. The Hall–Kier alpha value is -4.32. The van der Waals surface area contributed by atoms with E-state index < -0.39 is 81.4 Å². The number of hydrogen-bond acceptors (Lipinski definition) is 10. The van der Waals surface area contributed by atoms with Crippen molar-refractivity contribution in [3.8, 4) is 11.6 Å². The largest absolute Gasteiger partial charge is 0.464 e. The van der Waals surface area contributed by atoms with Crippen molar-refractivity contribution in [1.82, 2.24) is 15.2 Å². The van der Waals surface area contributed by atoms with Gasteiger partial charge in [0.1, 0.15) is 11.4 Å². The van der Waals surface area contributed by atoms with Crippen LogP contribution < -0.4 is 5.32 Å². The Morgan fingerprint density at radius 3 is 2.23 bits per heavy atom. The number of aromatic nitrogens is 3. The van der Waals surface area contributed by atoms with Crippen LogP contribution in [-0.2, 0) is 27.7 Å². The highest BCUT2D eigenvalue weighted by Gasteiger charge is 2.61. The van der Waals surface area contributed by atoms with E-state index in [0.29, 0.717) is 12.1 Å². The first-order chi connectivity index (χ1) is 20.2. The molecule has 44 heavy (non-hydrogen) atoms. The predicted molar refractivity (Wildman–Crippen MR) is 135 cm³/mol. The standard InChI is InChI=1S/C26H25F7N4O7/c1-23(2,3)44-22(40)34-16-11-14(25(28,29)30)17(20(39)42-4)35-18(16)19-36-37-21(43-19)24(41,26(31,32)33)13-10-12(6-5-9-38)7-8-15(13)27/h7-8,10-11,38,41H,5-6,9H2,1-4H3,(H,34,40). The zero-order valence-corrected chi connectivity index (χ0v) is 23.4. The number of ether oxygens (including phenoxy) is 2. The molecule has 3 rings (SSSR count). The predicted octanol–water partition coefficient (Wildman–Crippen LogP) is 5.15. The number of halogens is 7. The number of alkyl halides is 6. The first-order valence-electron chi connectivity index (χ1n) is 12.5. The molecule has 1 aromatic carbocycles. The first-order valence-corrected chi connectivity index (χ1v) is 12.5. The summed E-state index contributed by atoms with van der Waals surface area (Å²) in [5.41, 5.74) is -11.7. The summed E-state index contributed by atoms with van der Waals surface area (Å²) in [5.74, 6) is -5.96. The molecule has 0 aliphatic rings. The number of rotatable bonds is 8. The highest BCUT2D eigenvalue weighted by molar-refractivity contribution is 5.94. The number of nitrogens with zero attached hydrogens (tertiary/aromatic N) is 3. The van der Waals surface area contributed by atoms with Gasteiger partial charge in [0, 0.05) is 12.2 Å². The molecule has 18 heteroatoms. The van der Waals surface area contributed by atoms with E-state index in [0.717, 1.165) is 13.2 Å². The summed E-state index contributed by atoms with van der Waals surface area (Å²) >= 11 is 0. The number of esters is 1. The number of pyridine rings is 1. The molecule has 1 unspecified atom stereocenters. The van der Waals surface area contributed by atoms with Crippen LogP contribution in [0.25, 0.3) is 11.6 Å². The van der Waals surface area contributed by atoms with Gasteiger partial charge in [0.2, 0.25) is 0 Å². The first kappa shape index (κ1) is 34.2. The third-order valence-corrected chi connectivity index (χ3v) is 5.73. The number of anilines is 1. The summed E-state index contributed by atoms with van der Waals surface area (Å²) in [5, 5.41) is 28.4. The second-order valence-electron chi connectivity index (χ2n) is 10.2. The van der Waals surface area contributed by atoms with Gasteiger partial charge in [-0.3, -0.25) is 5.32 Å². The molecule has 1 atom stereocenters. The molecule has 3 aromatic rings. The number of methoxy groups -OCH3 is 1. The van der Waals surface area contributed by atoms with Crippen LogP contribution in [0.1, 0.15) is 60.3 Å². The number of aliphatic hydroxyl groups is 2. The van der Waals surface area contributed by atoms with Gasteiger partial charge in [0.15, 0.2) is 11.4 Å². The molecule has 0 saturated carbocycles. The Balaban J connectivity index is 2.28. The van der Waals surface area contributed by atoms with E-state index in [9.17, 15) is 45.4 Å². The summed E-state index contributed by atoms with van der Waals surface area (Å²) in [4.78, 5) is 28.1. The number of aryl methyl sites for hydroxylation is 1. The van der Waals surface area contributed by atoms with E-state index in [1.165, 1.54) is 20.8 Å². The van der Waals surface area contributed by atoms with E-state index in [4.69, 9.17) is 14.3 Å². The molecule has 3 N–H and O–H groups in total. The maximum atomic E-state index is 14.8. The van der Waals surface area contributed by atoms with Crippen molar-refractivity contribution in [2.45, 2.75) is 57.2 Å². The SMILES string of the molecule is COC(=O)c1nc(-c2nnc(C(O)(c3cc(CCCO)ccc3F)C(F)(F)F)o2)c(NC(=O)OC(C)(C)C)cc1C(F)(F)F. The van der Waals surface area contributed by atoms with Gasteiger partial charge in [-0.05, 0) is 57.4 Å². The molecular formula is C26H25F7N4O7. The third kappa shape index (κ3) is 7.24. The molecular weight excluding hydrogens is 613 g/mol. The Bertz CT molecular complexity index is 1530. The van der Waals surface area contributed by atoms with Crippen LogP contribution in [0.4, 0.5) is 41.2 Å². The lowest BCUT2D eigenvalue weighted by Crippen LogP contribution is -2.44. The summed E-state index contributed by atoms with van der Waals surface area (Å²) in [7, 11) is 0.730. The lowest BCUT2D eigenvalue weighted by Gasteiger charge is -2.28. The minimum Gasteiger partial charge on any atom is -0.464 e. The van der Waals surface area contributed by atoms with E-state index in [1.807, 2.05) is 5.32 Å². The highest BCUT2D eigenvalue weighted by Crippen LogP contribution is 2.46. The molecule has 0 saturated heterocycles. The Labute approximate surface area is 244 Å².